The lowest BCUT2D eigenvalue weighted by Crippen LogP contribution is -2.62. The van der Waals surface area contributed by atoms with Crippen molar-refractivity contribution in [2.45, 2.75) is 88.0 Å². The lowest BCUT2D eigenvalue weighted by molar-refractivity contribution is -0.530. The fraction of sp³-hybridized carbons (Fsp3) is 0.667. The van der Waals surface area contributed by atoms with Crippen molar-refractivity contribution in [3.63, 3.8) is 0 Å². The number of aliphatic hydroxyl groups excluding tert-OH is 8. The summed E-state index contributed by atoms with van der Waals surface area (Å²) in [4.78, 5) is 12.5. The van der Waals surface area contributed by atoms with Crippen LogP contribution in [-0.2, 0) is 20.8 Å². The largest absolute Gasteiger partial charge is 0.623 e. The van der Waals surface area contributed by atoms with Crippen LogP contribution in [0.5, 0.6) is 0 Å². The number of amides is 1. The molecule has 1 amide bonds. The van der Waals surface area contributed by atoms with E-state index in [0.717, 1.165) is 4.74 Å². The van der Waals surface area contributed by atoms with E-state index in [9.17, 15) is 50.9 Å². The van der Waals surface area contributed by atoms with Crippen molar-refractivity contribution < 1.29 is 59.9 Å². The number of hydrogen-bond acceptors (Lipinski definition) is 12. The molecule has 9 atom stereocenters. The van der Waals surface area contributed by atoms with Crippen molar-refractivity contribution in [3.8, 4) is 0 Å². The quantitative estimate of drug-likeness (QED) is 0.0564. The lowest BCUT2D eigenvalue weighted by Gasteiger charge is -2.42. The summed E-state index contributed by atoms with van der Waals surface area (Å²) in [5.41, 5.74) is 0.624. The number of nitrogens with zero attached hydrogens (tertiary/aromatic N) is 1. The molecule has 1 fully saturated rings. The summed E-state index contributed by atoms with van der Waals surface area (Å²) < 4.78 is 11.3. The summed E-state index contributed by atoms with van der Waals surface area (Å²) in [6, 6.07) is 6.61. The molecule has 1 aromatic rings. The second-order valence-corrected chi connectivity index (χ2v) is 10.1. The second kappa shape index (κ2) is 13.7. The van der Waals surface area contributed by atoms with Crippen molar-refractivity contribution >= 4 is 12.1 Å². The molecule has 2 rings (SSSR count). The average molecular weight is 547 g/mol. The van der Waals surface area contributed by atoms with E-state index >= 15 is 0 Å². The van der Waals surface area contributed by atoms with Gasteiger partial charge in [0.15, 0.2) is 24.1 Å². The molecule has 0 bridgehead atoms. The summed E-state index contributed by atoms with van der Waals surface area (Å²) in [5, 5.41) is 94.1. The van der Waals surface area contributed by atoms with Crippen molar-refractivity contribution in [2.75, 3.05) is 13.2 Å². The predicted molar refractivity (Wildman–Crippen MR) is 131 cm³/mol. The number of carbonyl (C=O) groups is 1. The van der Waals surface area contributed by atoms with E-state index in [1.165, 1.54) is 6.21 Å². The number of carbonyl (C=O) groups excluding carboxylic acids is 1. The van der Waals surface area contributed by atoms with Gasteiger partial charge in [-0.05, 0) is 17.7 Å². The normalized spacial score (nSPS) is 27.9. The predicted octanol–water partition coefficient (Wildman–Crippen LogP) is -3.71. The summed E-state index contributed by atoms with van der Waals surface area (Å²) in [6.07, 6.45) is -15.2. The van der Waals surface area contributed by atoms with Crippen molar-refractivity contribution in [1.29, 1.82) is 0 Å². The van der Waals surface area contributed by atoms with E-state index in [1.807, 2.05) is 0 Å². The summed E-state index contributed by atoms with van der Waals surface area (Å²) in [7, 11) is 0. The number of aliphatic hydroxyl groups is 8. The number of rotatable bonds is 11. The van der Waals surface area contributed by atoms with Crippen LogP contribution in [0.25, 0.3) is 0 Å². The minimum absolute atomic E-state index is 0.0654. The Morgan fingerprint density at radius 1 is 1.11 bits per heavy atom. The Labute approximate surface area is 219 Å². The molecule has 1 aliphatic heterocycles. The Morgan fingerprint density at radius 3 is 2.24 bits per heavy atom. The highest BCUT2D eigenvalue weighted by atomic mass is 16.7. The third-order valence-electron chi connectivity index (χ3n) is 6.01. The maximum absolute atomic E-state index is 12.5. The summed E-state index contributed by atoms with van der Waals surface area (Å²) in [5.74, 6) is -1.06. The molecular formula is C24H38N2O12. The van der Waals surface area contributed by atoms with Gasteiger partial charge in [-0.2, -0.15) is 0 Å². The molecule has 1 unspecified atom stereocenters. The summed E-state index contributed by atoms with van der Waals surface area (Å²) >= 11 is 0. The van der Waals surface area contributed by atoms with E-state index in [-0.39, 0.29) is 6.54 Å². The molecule has 38 heavy (non-hydrogen) atoms. The maximum atomic E-state index is 12.5. The number of nitrogens with one attached hydrogen (secondary N) is 1. The van der Waals surface area contributed by atoms with Crippen molar-refractivity contribution in [3.05, 3.63) is 40.6 Å². The Balaban J connectivity index is 2.04. The highest BCUT2D eigenvalue weighted by Crippen LogP contribution is 2.25. The molecule has 1 aliphatic rings. The van der Waals surface area contributed by atoms with E-state index < -0.39 is 79.8 Å². The molecule has 0 aromatic heterocycles. The minimum Gasteiger partial charge on any atom is -0.623 e. The van der Waals surface area contributed by atoms with E-state index in [1.54, 1.807) is 45.0 Å². The first-order valence-electron chi connectivity index (χ1n) is 12.0. The van der Waals surface area contributed by atoms with Crippen LogP contribution in [0.15, 0.2) is 24.3 Å². The van der Waals surface area contributed by atoms with Crippen LogP contribution in [0.1, 0.15) is 31.9 Å². The van der Waals surface area contributed by atoms with Crippen LogP contribution in [0, 0.1) is 5.21 Å². The first-order chi connectivity index (χ1) is 17.7. The van der Waals surface area contributed by atoms with Gasteiger partial charge in [0.25, 0.3) is 5.91 Å². The SMILES string of the molecule is CC(C)(C)/[N+]([O-])=C\c1ccc(CNC(=O)[C@@H](O)[C@H](O)[C@H](O[C@@H]2O[C@H](CO)[C@H](O)[C@H](O)[C@H]2O)C(O)CO)cc1. The molecule has 0 spiro atoms. The third kappa shape index (κ3) is 8.13. The van der Waals surface area contributed by atoms with Crippen LogP contribution >= 0.6 is 0 Å². The molecule has 1 saturated heterocycles. The fourth-order valence-electron chi connectivity index (χ4n) is 3.52. The van der Waals surface area contributed by atoms with Crippen molar-refractivity contribution in [2.24, 2.45) is 0 Å². The maximum Gasteiger partial charge on any atom is 0.251 e. The van der Waals surface area contributed by atoms with Crippen LogP contribution in [0.2, 0.25) is 0 Å². The molecular weight excluding hydrogens is 508 g/mol. The first-order valence-corrected chi connectivity index (χ1v) is 12.0. The van der Waals surface area contributed by atoms with Gasteiger partial charge in [-0.1, -0.05) is 12.1 Å². The Hall–Kier alpha value is -2.24. The number of ether oxygens (including phenoxy) is 2. The highest BCUT2D eigenvalue weighted by molar-refractivity contribution is 5.81. The molecule has 0 saturated carbocycles. The standard InChI is InChI=1S/C24H38N2O12/c1-24(2,3)26(36)9-13-6-4-12(5-7-13)8-25-22(35)19(33)18(32)21(14(29)10-27)38-23-20(34)17(31)16(30)15(11-28)37-23/h4-7,9,14-21,23,27-34H,8,10-11H2,1-3H3,(H,25,35)/b26-9+/t14?,15-,16+,17+,18+,19+,20-,21-,23+/m1/s1. The van der Waals surface area contributed by atoms with Gasteiger partial charge in [0.2, 0.25) is 0 Å². The molecule has 216 valence electrons. The van der Waals surface area contributed by atoms with Crippen LogP contribution < -0.4 is 5.32 Å². The Morgan fingerprint density at radius 2 is 1.71 bits per heavy atom. The van der Waals surface area contributed by atoms with Gasteiger partial charge in [-0.15, -0.1) is 0 Å². The van der Waals surface area contributed by atoms with Crippen LogP contribution in [0.4, 0.5) is 0 Å². The zero-order valence-electron chi connectivity index (χ0n) is 21.4. The molecule has 0 aliphatic carbocycles. The summed E-state index contributed by atoms with van der Waals surface area (Å²) in [6.45, 7) is 3.48. The van der Waals surface area contributed by atoms with Gasteiger partial charge in [0.05, 0.1) is 13.2 Å². The number of hydrogen-bond donors (Lipinski definition) is 9. The zero-order chi connectivity index (χ0) is 28.8. The van der Waals surface area contributed by atoms with Crippen LogP contribution in [0.3, 0.4) is 0 Å². The molecule has 1 aromatic carbocycles. The van der Waals surface area contributed by atoms with Gasteiger partial charge < -0.3 is 60.8 Å². The third-order valence-corrected chi connectivity index (χ3v) is 6.01. The lowest BCUT2D eigenvalue weighted by atomic mass is 9.98. The van der Waals surface area contributed by atoms with E-state index in [4.69, 9.17) is 9.47 Å². The topological polar surface area (TPSA) is 235 Å². The molecule has 14 heteroatoms. The second-order valence-electron chi connectivity index (χ2n) is 10.1. The van der Waals surface area contributed by atoms with Crippen LogP contribution in [-0.4, -0.2) is 132 Å². The highest BCUT2D eigenvalue weighted by Gasteiger charge is 2.47. The van der Waals surface area contributed by atoms with Gasteiger partial charge in [0, 0.05) is 32.9 Å². The van der Waals surface area contributed by atoms with E-state index in [0.29, 0.717) is 11.1 Å². The zero-order valence-corrected chi connectivity index (χ0v) is 21.4. The molecule has 9 N–H and O–H groups in total. The van der Waals surface area contributed by atoms with Gasteiger partial charge in [0.1, 0.15) is 42.7 Å². The average Bonchev–Trinajstić information content (AvgIpc) is 2.89. The van der Waals surface area contributed by atoms with Gasteiger partial charge in [-0.25, -0.2) is 4.74 Å². The minimum atomic E-state index is -2.17. The van der Waals surface area contributed by atoms with Gasteiger partial charge in [-0.3, -0.25) is 4.79 Å². The number of benzene rings is 1. The van der Waals surface area contributed by atoms with Crippen molar-refractivity contribution in [1.82, 2.24) is 5.32 Å². The molecule has 1 heterocycles. The smallest absolute Gasteiger partial charge is 0.251 e. The Bertz CT molecular complexity index is 920. The fourth-order valence-corrected chi connectivity index (χ4v) is 3.52. The molecule has 0 radical (unpaired) electrons. The monoisotopic (exact) mass is 546 g/mol. The first kappa shape index (κ1) is 32.0. The van der Waals surface area contributed by atoms with Gasteiger partial charge >= 0.3 is 0 Å². The Kier molecular flexibility index (Phi) is 11.5. The molecule has 14 nitrogen and oxygen atoms in total. The number of hydroxylamine groups is 1. The van der Waals surface area contributed by atoms with E-state index in [2.05, 4.69) is 5.32 Å².